The number of carboxylic acids is 1. The number of sulfone groups is 1. The molecule has 21 heavy (non-hydrogen) atoms. The number of benzene rings is 1. The van der Waals surface area contributed by atoms with Crippen LogP contribution >= 0.6 is 11.8 Å². The van der Waals surface area contributed by atoms with Gasteiger partial charge in [0.05, 0.1) is 22.8 Å². The van der Waals surface area contributed by atoms with Crippen molar-refractivity contribution in [3.63, 3.8) is 0 Å². The Morgan fingerprint density at radius 2 is 2.19 bits per heavy atom. The summed E-state index contributed by atoms with van der Waals surface area (Å²) in [7, 11) is -3.67. The number of rotatable bonds is 4. The first kappa shape index (κ1) is 15.8. The van der Waals surface area contributed by atoms with Crippen LogP contribution in [0.4, 0.5) is 5.69 Å². The molecule has 6 nitrogen and oxygen atoms in total. The molecule has 0 saturated carbocycles. The number of fused-ring (bicyclic) bond motifs is 1. The molecule has 0 saturated heterocycles. The van der Waals surface area contributed by atoms with Crippen molar-refractivity contribution in [2.75, 3.05) is 11.1 Å². The Hall–Kier alpha value is -1.54. The number of aliphatic carboxylic acids is 1. The van der Waals surface area contributed by atoms with Crippen molar-refractivity contribution in [2.45, 2.75) is 34.8 Å². The van der Waals surface area contributed by atoms with Crippen molar-refractivity contribution >= 4 is 39.2 Å². The predicted molar refractivity (Wildman–Crippen MR) is 79.3 cm³/mol. The zero-order valence-corrected chi connectivity index (χ0v) is 13.0. The smallest absolute Gasteiger partial charge is 0.304 e. The van der Waals surface area contributed by atoms with Crippen molar-refractivity contribution in [2.24, 2.45) is 0 Å². The molecule has 1 aromatic carbocycles. The molecular weight excluding hydrogens is 314 g/mol. The zero-order valence-electron chi connectivity index (χ0n) is 11.3. The van der Waals surface area contributed by atoms with Crippen LogP contribution in [-0.2, 0) is 19.4 Å². The van der Waals surface area contributed by atoms with E-state index in [1.165, 1.54) is 23.9 Å². The molecule has 1 aliphatic heterocycles. The highest BCUT2D eigenvalue weighted by Gasteiger charge is 2.22. The Labute approximate surface area is 126 Å². The number of hydrogen-bond donors (Lipinski definition) is 2. The van der Waals surface area contributed by atoms with Crippen molar-refractivity contribution in [3.05, 3.63) is 18.2 Å². The molecule has 0 fully saturated rings. The maximum Gasteiger partial charge on any atom is 0.304 e. The largest absolute Gasteiger partial charge is 0.481 e. The summed E-state index contributed by atoms with van der Waals surface area (Å²) in [5.41, 5.74) is 0.464. The summed E-state index contributed by atoms with van der Waals surface area (Å²) < 4.78 is 24.1. The molecule has 1 heterocycles. The monoisotopic (exact) mass is 329 g/mol. The topological polar surface area (TPSA) is 101 Å². The number of hydrogen-bond acceptors (Lipinski definition) is 5. The minimum Gasteiger partial charge on any atom is -0.481 e. The highest BCUT2D eigenvalue weighted by atomic mass is 32.2. The molecule has 0 radical (unpaired) electrons. The van der Waals surface area contributed by atoms with Gasteiger partial charge in [0.15, 0.2) is 9.84 Å². The normalized spacial score (nSPS) is 18.5. The molecule has 8 heteroatoms. The number of thioether (sulfide) groups is 1. The van der Waals surface area contributed by atoms with Crippen molar-refractivity contribution < 1.29 is 23.1 Å². The molecule has 0 spiro atoms. The van der Waals surface area contributed by atoms with Crippen LogP contribution in [0.5, 0.6) is 0 Å². The lowest BCUT2D eigenvalue weighted by atomic mass is 10.3. The van der Waals surface area contributed by atoms with E-state index in [9.17, 15) is 18.0 Å². The molecule has 0 unspecified atom stereocenters. The van der Waals surface area contributed by atoms with E-state index in [1.54, 1.807) is 6.07 Å². The number of carbonyl (C=O) groups excluding carboxylic acids is 1. The fraction of sp³-hybridized carbons (Fsp3) is 0.385. The van der Waals surface area contributed by atoms with Crippen LogP contribution in [-0.4, -0.2) is 36.4 Å². The van der Waals surface area contributed by atoms with Gasteiger partial charge in [-0.15, -0.1) is 11.8 Å². The highest BCUT2D eigenvalue weighted by Crippen LogP contribution is 2.36. The van der Waals surface area contributed by atoms with E-state index in [4.69, 9.17) is 5.11 Å². The van der Waals surface area contributed by atoms with Crippen LogP contribution in [0, 0.1) is 0 Å². The molecule has 0 bridgehead atoms. The number of carboxylic acid groups (broad SMARTS) is 1. The van der Waals surface area contributed by atoms with Gasteiger partial charge >= 0.3 is 5.97 Å². The fourth-order valence-corrected chi connectivity index (χ4v) is 4.27. The molecule has 1 aromatic rings. The quantitative estimate of drug-likeness (QED) is 0.873. The van der Waals surface area contributed by atoms with Gasteiger partial charge in [0.2, 0.25) is 5.91 Å². The Bertz CT molecular complexity index is 684. The summed E-state index contributed by atoms with van der Waals surface area (Å²) in [4.78, 5) is 23.0. The van der Waals surface area contributed by atoms with E-state index >= 15 is 0 Å². The molecule has 2 N–H and O–H groups in total. The average Bonchev–Trinajstić information content (AvgIpc) is 2.52. The standard InChI is InChI=1S/C13H15NO5S2/c1-8-6-12(15)14-10-7-9(2-3-11(10)20-8)21(18,19)5-4-13(16)17/h2-3,7-8H,4-6H2,1H3,(H,14,15)(H,16,17)/t8-/m0/s1. The van der Waals surface area contributed by atoms with Gasteiger partial charge in [-0.25, -0.2) is 8.42 Å². The van der Waals surface area contributed by atoms with Gasteiger partial charge in [-0.05, 0) is 18.2 Å². The first-order chi connectivity index (χ1) is 9.78. The highest BCUT2D eigenvalue weighted by molar-refractivity contribution is 8.00. The maximum atomic E-state index is 12.1. The van der Waals surface area contributed by atoms with E-state index in [0.717, 1.165) is 4.90 Å². The third-order valence-electron chi connectivity index (χ3n) is 2.97. The molecule has 114 valence electrons. The summed E-state index contributed by atoms with van der Waals surface area (Å²) in [6.45, 7) is 1.93. The summed E-state index contributed by atoms with van der Waals surface area (Å²) in [5.74, 6) is -1.78. The summed E-state index contributed by atoms with van der Waals surface area (Å²) in [5, 5.41) is 11.4. The lowest BCUT2D eigenvalue weighted by Gasteiger charge is -2.10. The van der Waals surface area contributed by atoms with Crippen LogP contribution in [0.2, 0.25) is 0 Å². The van der Waals surface area contributed by atoms with Gasteiger partial charge in [-0.1, -0.05) is 6.92 Å². The Balaban J connectivity index is 2.32. The van der Waals surface area contributed by atoms with Gasteiger partial charge in [-0.2, -0.15) is 0 Å². The third-order valence-corrected chi connectivity index (χ3v) is 5.86. The van der Waals surface area contributed by atoms with Gasteiger partial charge in [0.1, 0.15) is 0 Å². The molecule has 0 aliphatic carbocycles. The first-order valence-electron chi connectivity index (χ1n) is 6.33. The van der Waals surface area contributed by atoms with Crippen molar-refractivity contribution in [1.82, 2.24) is 0 Å². The van der Waals surface area contributed by atoms with E-state index in [1.807, 2.05) is 6.92 Å². The first-order valence-corrected chi connectivity index (χ1v) is 8.86. The van der Waals surface area contributed by atoms with Crippen LogP contribution in [0.25, 0.3) is 0 Å². The molecule has 1 amide bonds. The molecule has 1 atom stereocenters. The second-order valence-corrected chi connectivity index (χ2v) is 8.39. The van der Waals surface area contributed by atoms with Crippen molar-refractivity contribution in [3.8, 4) is 0 Å². The second-order valence-electron chi connectivity index (χ2n) is 4.80. The average molecular weight is 329 g/mol. The van der Waals surface area contributed by atoms with Gasteiger partial charge in [-0.3, -0.25) is 9.59 Å². The zero-order chi connectivity index (χ0) is 15.6. The SMILES string of the molecule is C[C@H]1CC(=O)Nc2cc(S(=O)(=O)CCC(=O)O)ccc2S1. The predicted octanol–water partition coefficient (Wildman–Crippen LogP) is 1.76. The van der Waals surface area contributed by atoms with Crippen LogP contribution in [0.3, 0.4) is 0 Å². The van der Waals surface area contributed by atoms with E-state index in [2.05, 4.69) is 5.32 Å². The van der Waals surface area contributed by atoms with Gasteiger partial charge in [0.25, 0.3) is 0 Å². The number of carbonyl (C=O) groups is 2. The molecule has 0 aromatic heterocycles. The van der Waals surface area contributed by atoms with Gasteiger partial charge < -0.3 is 10.4 Å². The fourth-order valence-electron chi connectivity index (χ4n) is 1.96. The lowest BCUT2D eigenvalue weighted by molar-refractivity contribution is -0.136. The summed E-state index contributed by atoms with van der Waals surface area (Å²) in [6.07, 6.45) is -0.0853. The van der Waals surface area contributed by atoms with Crippen LogP contribution in [0.15, 0.2) is 28.0 Å². The maximum absolute atomic E-state index is 12.1. The van der Waals surface area contributed by atoms with E-state index in [0.29, 0.717) is 12.1 Å². The Kier molecular flexibility index (Phi) is 4.58. The minimum absolute atomic E-state index is 0.0259. The van der Waals surface area contributed by atoms with E-state index in [-0.39, 0.29) is 16.1 Å². The minimum atomic E-state index is -3.67. The number of nitrogens with one attached hydrogen (secondary N) is 1. The molecule has 1 aliphatic rings. The number of amides is 1. The van der Waals surface area contributed by atoms with Crippen molar-refractivity contribution in [1.29, 1.82) is 0 Å². The van der Waals surface area contributed by atoms with Crippen LogP contribution < -0.4 is 5.32 Å². The molecular formula is C13H15NO5S2. The third kappa shape index (κ3) is 3.98. The van der Waals surface area contributed by atoms with Gasteiger partial charge in [0, 0.05) is 16.6 Å². The number of anilines is 1. The van der Waals surface area contributed by atoms with Crippen LogP contribution in [0.1, 0.15) is 19.8 Å². The lowest BCUT2D eigenvalue weighted by Crippen LogP contribution is -2.14. The van der Waals surface area contributed by atoms with E-state index < -0.39 is 28.0 Å². The summed E-state index contributed by atoms with van der Waals surface area (Å²) in [6, 6.07) is 4.50. The second kappa shape index (κ2) is 6.07. The summed E-state index contributed by atoms with van der Waals surface area (Å²) >= 11 is 1.50. The molecule has 2 rings (SSSR count). The Morgan fingerprint density at radius 1 is 1.48 bits per heavy atom. The Morgan fingerprint density at radius 3 is 2.86 bits per heavy atom.